The molecule has 14 heavy (non-hydrogen) atoms. The molecule has 0 rings (SSSR count). The van der Waals surface area contributed by atoms with Crippen LogP contribution >= 0.6 is 0 Å². The molecule has 0 saturated carbocycles. The van der Waals surface area contributed by atoms with Gasteiger partial charge in [0.2, 0.25) is 6.41 Å². The summed E-state index contributed by atoms with van der Waals surface area (Å²) in [6.07, 6.45) is 2.04. The van der Waals surface area contributed by atoms with Gasteiger partial charge in [-0.15, -0.1) is 0 Å². The van der Waals surface area contributed by atoms with Crippen molar-refractivity contribution < 1.29 is 14.8 Å². The van der Waals surface area contributed by atoms with Crippen molar-refractivity contribution in [3.63, 3.8) is 0 Å². The number of carbonyl (C=O) groups excluding carboxylic acids is 2. The number of hydroxylamine groups is 2. The van der Waals surface area contributed by atoms with Crippen LogP contribution in [-0.4, -0.2) is 29.0 Å². The first-order valence-corrected chi connectivity index (χ1v) is 4.92. The monoisotopic (exact) mass is 201 g/mol. The molecule has 0 aliphatic rings. The fourth-order valence-corrected chi connectivity index (χ4v) is 1.29. The molecule has 0 bridgehead atoms. The zero-order valence-corrected chi connectivity index (χ0v) is 9.06. The van der Waals surface area contributed by atoms with Crippen LogP contribution in [0.25, 0.3) is 0 Å². The van der Waals surface area contributed by atoms with E-state index in [0.29, 0.717) is 17.4 Å². The lowest BCUT2D eigenvalue weighted by molar-refractivity contribution is -0.154. The van der Waals surface area contributed by atoms with E-state index in [-0.39, 0.29) is 18.2 Å². The molecule has 0 saturated heterocycles. The molecule has 0 spiro atoms. The summed E-state index contributed by atoms with van der Waals surface area (Å²) in [5, 5.41) is 9.51. The lowest BCUT2D eigenvalue weighted by atomic mass is 9.91. The highest BCUT2D eigenvalue weighted by molar-refractivity contribution is 5.78. The van der Waals surface area contributed by atoms with Crippen LogP contribution in [0.1, 0.15) is 33.6 Å². The molecular formula is C10H19NO3. The van der Waals surface area contributed by atoms with E-state index in [1.165, 1.54) is 6.92 Å². The van der Waals surface area contributed by atoms with Crippen LogP contribution in [-0.2, 0) is 9.59 Å². The Hall–Kier alpha value is -0.900. The average Bonchev–Trinajstić information content (AvgIpc) is 2.16. The largest absolute Gasteiger partial charge is 0.300 e. The van der Waals surface area contributed by atoms with E-state index >= 15 is 0 Å². The zero-order valence-electron chi connectivity index (χ0n) is 9.06. The molecule has 1 amide bonds. The Morgan fingerprint density at radius 3 is 2.50 bits per heavy atom. The number of rotatable bonds is 7. The molecule has 1 N–H and O–H groups in total. The minimum Gasteiger partial charge on any atom is -0.300 e. The van der Waals surface area contributed by atoms with Crippen LogP contribution in [0.15, 0.2) is 0 Å². The Bertz CT molecular complexity index is 194. The van der Waals surface area contributed by atoms with E-state index in [1.54, 1.807) is 0 Å². The molecule has 0 aromatic heterocycles. The molecule has 0 heterocycles. The number of Topliss-reactive ketones (excluding diaryl/α,β-unsaturated/α-hetero) is 1. The smallest absolute Gasteiger partial charge is 0.233 e. The van der Waals surface area contributed by atoms with Gasteiger partial charge in [-0.25, -0.2) is 5.06 Å². The van der Waals surface area contributed by atoms with Gasteiger partial charge >= 0.3 is 0 Å². The first kappa shape index (κ1) is 13.1. The second-order valence-electron chi connectivity index (χ2n) is 3.78. The minimum absolute atomic E-state index is 0.0196. The van der Waals surface area contributed by atoms with Gasteiger partial charge in [-0.1, -0.05) is 20.3 Å². The SMILES string of the molecule is CCC(C)CC(CN(O)C=O)C(C)=O. The second kappa shape index (κ2) is 6.54. The quantitative estimate of drug-likeness (QED) is 0.385. The van der Waals surface area contributed by atoms with Gasteiger partial charge in [0.15, 0.2) is 0 Å². The van der Waals surface area contributed by atoms with E-state index < -0.39 is 0 Å². The molecule has 0 aromatic carbocycles. The van der Waals surface area contributed by atoms with Gasteiger partial charge < -0.3 is 0 Å². The first-order chi connectivity index (χ1) is 6.51. The summed E-state index contributed by atoms with van der Waals surface area (Å²) in [6.45, 7) is 5.70. The van der Waals surface area contributed by atoms with Gasteiger partial charge in [-0.2, -0.15) is 0 Å². The molecule has 0 aliphatic carbocycles. The van der Waals surface area contributed by atoms with Crippen LogP contribution in [0.3, 0.4) is 0 Å². The molecule has 4 nitrogen and oxygen atoms in total. The summed E-state index contributed by atoms with van der Waals surface area (Å²) in [7, 11) is 0. The van der Waals surface area contributed by atoms with Crippen LogP contribution in [0, 0.1) is 11.8 Å². The minimum atomic E-state index is -0.250. The Morgan fingerprint density at radius 1 is 1.57 bits per heavy atom. The maximum Gasteiger partial charge on any atom is 0.233 e. The van der Waals surface area contributed by atoms with E-state index in [9.17, 15) is 9.59 Å². The second-order valence-corrected chi connectivity index (χ2v) is 3.78. The summed E-state index contributed by atoms with van der Waals surface area (Å²) in [6, 6.07) is 0. The highest BCUT2D eigenvalue weighted by Crippen LogP contribution is 2.16. The topological polar surface area (TPSA) is 57.6 Å². The number of nitrogens with zero attached hydrogens (tertiary/aromatic N) is 1. The average molecular weight is 201 g/mol. The molecule has 0 fully saturated rings. The summed E-state index contributed by atoms with van der Waals surface area (Å²) in [4.78, 5) is 21.4. The third kappa shape index (κ3) is 4.97. The van der Waals surface area contributed by atoms with Crippen LogP contribution in [0.4, 0.5) is 0 Å². The standard InChI is InChI=1S/C10H19NO3/c1-4-8(2)5-10(9(3)13)6-11(14)7-12/h7-8,10,14H,4-6H2,1-3H3. The highest BCUT2D eigenvalue weighted by atomic mass is 16.5. The van der Waals surface area contributed by atoms with Crippen molar-refractivity contribution in [3.8, 4) is 0 Å². The Morgan fingerprint density at radius 2 is 2.14 bits per heavy atom. The van der Waals surface area contributed by atoms with Crippen molar-refractivity contribution >= 4 is 12.2 Å². The number of ketones is 1. The highest BCUT2D eigenvalue weighted by Gasteiger charge is 2.19. The molecule has 0 radical (unpaired) electrons. The maximum atomic E-state index is 11.2. The molecule has 2 atom stereocenters. The number of hydrogen-bond acceptors (Lipinski definition) is 3. The van der Waals surface area contributed by atoms with E-state index in [0.717, 1.165) is 12.8 Å². The lowest BCUT2D eigenvalue weighted by Gasteiger charge is -2.20. The van der Waals surface area contributed by atoms with Crippen molar-refractivity contribution in [2.45, 2.75) is 33.6 Å². The van der Waals surface area contributed by atoms with Gasteiger partial charge in [0.25, 0.3) is 0 Å². The number of amides is 1. The van der Waals surface area contributed by atoms with E-state index in [1.807, 2.05) is 0 Å². The van der Waals surface area contributed by atoms with Gasteiger partial charge in [-0.3, -0.25) is 14.8 Å². The van der Waals surface area contributed by atoms with Crippen LogP contribution < -0.4 is 0 Å². The van der Waals surface area contributed by atoms with Crippen LogP contribution in [0.5, 0.6) is 0 Å². The summed E-state index contributed by atoms with van der Waals surface area (Å²) in [5.41, 5.74) is 0. The third-order valence-electron chi connectivity index (χ3n) is 2.49. The van der Waals surface area contributed by atoms with Crippen molar-refractivity contribution in [3.05, 3.63) is 0 Å². The van der Waals surface area contributed by atoms with Crippen molar-refractivity contribution in [2.75, 3.05) is 6.54 Å². The first-order valence-electron chi connectivity index (χ1n) is 4.92. The van der Waals surface area contributed by atoms with Crippen molar-refractivity contribution in [1.82, 2.24) is 5.06 Å². The summed E-state index contributed by atoms with van der Waals surface area (Å²) < 4.78 is 0. The van der Waals surface area contributed by atoms with Crippen LogP contribution in [0.2, 0.25) is 0 Å². The number of hydrogen-bond donors (Lipinski definition) is 1. The van der Waals surface area contributed by atoms with Crippen molar-refractivity contribution in [2.24, 2.45) is 11.8 Å². The van der Waals surface area contributed by atoms with Gasteiger partial charge in [0.1, 0.15) is 5.78 Å². The Balaban J connectivity index is 4.15. The van der Waals surface area contributed by atoms with Gasteiger partial charge in [-0.05, 0) is 19.3 Å². The van der Waals surface area contributed by atoms with E-state index in [2.05, 4.69) is 13.8 Å². The Kier molecular flexibility index (Phi) is 6.12. The summed E-state index contributed by atoms with van der Waals surface area (Å²) in [5.74, 6) is 0.204. The molecule has 2 unspecified atom stereocenters. The van der Waals surface area contributed by atoms with E-state index in [4.69, 9.17) is 5.21 Å². The van der Waals surface area contributed by atoms with Gasteiger partial charge in [0.05, 0.1) is 6.54 Å². The Labute approximate surface area is 84.9 Å². The third-order valence-corrected chi connectivity index (χ3v) is 2.49. The fourth-order valence-electron chi connectivity index (χ4n) is 1.29. The molecule has 4 heteroatoms. The van der Waals surface area contributed by atoms with Crippen molar-refractivity contribution in [1.29, 1.82) is 0 Å². The fraction of sp³-hybridized carbons (Fsp3) is 0.800. The zero-order chi connectivity index (χ0) is 11.1. The molecule has 0 aliphatic heterocycles. The molecular weight excluding hydrogens is 182 g/mol. The summed E-state index contributed by atoms with van der Waals surface area (Å²) >= 11 is 0. The predicted molar refractivity (Wildman–Crippen MR) is 52.8 cm³/mol. The maximum absolute atomic E-state index is 11.2. The van der Waals surface area contributed by atoms with Gasteiger partial charge in [0, 0.05) is 5.92 Å². The normalized spacial score (nSPS) is 14.6. The predicted octanol–water partition coefficient (Wildman–Crippen LogP) is 1.48. The molecule has 0 aromatic rings. The number of carbonyl (C=O) groups is 2. The lowest BCUT2D eigenvalue weighted by Crippen LogP contribution is -2.30. The molecule has 82 valence electrons.